The Morgan fingerprint density at radius 2 is 1.80 bits per heavy atom. The van der Waals surface area contributed by atoms with Gasteiger partial charge < -0.3 is 0 Å². The third-order valence-electron chi connectivity index (χ3n) is 3.54. The van der Waals surface area contributed by atoms with Crippen LogP contribution in [-0.2, 0) is 0 Å². The number of carbonyl (C=O) groups is 1. The summed E-state index contributed by atoms with van der Waals surface area (Å²) in [5, 5.41) is 2.09. The van der Waals surface area contributed by atoms with Gasteiger partial charge in [-0.05, 0) is 34.9 Å². The standard InChI is InChI=1S/C18H13FO/c1-12-6-8-14-4-2-3-5-15(14)18(12)16-9-7-13(11-20)10-17(16)19/h2-11H,1H3. The first kappa shape index (κ1) is 12.5. The first-order valence-electron chi connectivity index (χ1n) is 6.44. The predicted molar refractivity (Wildman–Crippen MR) is 79.5 cm³/mol. The SMILES string of the molecule is Cc1ccc2ccccc2c1-c1ccc(C=O)cc1F. The highest BCUT2D eigenvalue weighted by Gasteiger charge is 2.12. The predicted octanol–water partition coefficient (Wildman–Crippen LogP) is 4.77. The number of hydrogen-bond donors (Lipinski definition) is 0. The minimum absolute atomic E-state index is 0.351. The second-order valence-corrected chi connectivity index (χ2v) is 4.84. The summed E-state index contributed by atoms with van der Waals surface area (Å²) in [7, 11) is 0. The third-order valence-corrected chi connectivity index (χ3v) is 3.54. The highest BCUT2D eigenvalue weighted by Crippen LogP contribution is 2.33. The van der Waals surface area contributed by atoms with Crippen molar-refractivity contribution < 1.29 is 9.18 Å². The lowest BCUT2D eigenvalue weighted by molar-refractivity contribution is 0.112. The molecule has 0 heterocycles. The van der Waals surface area contributed by atoms with Crippen LogP contribution in [0.5, 0.6) is 0 Å². The number of aryl methyl sites for hydroxylation is 1. The number of benzene rings is 3. The molecule has 0 radical (unpaired) electrons. The van der Waals surface area contributed by atoms with Crippen LogP contribution in [0.25, 0.3) is 21.9 Å². The Labute approximate surface area is 116 Å². The van der Waals surface area contributed by atoms with Gasteiger partial charge in [0.2, 0.25) is 0 Å². The maximum absolute atomic E-state index is 14.3. The van der Waals surface area contributed by atoms with Gasteiger partial charge in [-0.15, -0.1) is 0 Å². The van der Waals surface area contributed by atoms with Crippen molar-refractivity contribution in [1.29, 1.82) is 0 Å². The minimum atomic E-state index is -0.367. The number of halogens is 1. The second kappa shape index (κ2) is 4.89. The van der Waals surface area contributed by atoms with Crippen LogP contribution in [0.15, 0.2) is 54.6 Å². The van der Waals surface area contributed by atoms with Gasteiger partial charge in [0.1, 0.15) is 12.1 Å². The maximum Gasteiger partial charge on any atom is 0.150 e. The quantitative estimate of drug-likeness (QED) is 0.609. The van der Waals surface area contributed by atoms with E-state index < -0.39 is 0 Å². The molecule has 0 atom stereocenters. The molecule has 98 valence electrons. The van der Waals surface area contributed by atoms with Crippen LogP contribution < -0.4 is 0 Å². The summed E-state index contributed by atoms with van der Waals surface area (Å²) in [6, 6.07) is 16.5. The Kier molecular flexibility index (Phi) is 3.07. The van der Waals surface area contributed by atoms with Crippen LogP contribution in [0.1, 0.15) is 15.9 Å². The van der Waals surface area contributed by atoms with Crippen molar-refractivity contribution in [3.8, 4) is 11.1 Å². The molecule has 0 saturated heterocycles. The van der Waals surface area contributed by atoms with Gasteiger partial charge in [-0.2, -0.15) is 0 Å². The van der Waals surface area contributed by atoms with E-state index in [1.54, 1.807) is 12.1 Å². The van der Waals surface area contributed by atoms with Gasteiger partial charge in [0, 0.05) is 11.1 Å². The number of rotatable bonds is 2. The van der Waals surface area contributed by atoms with Gasteiger partial charge in [0.15, 0.2) is 0 Å². The van der Waals surface area contributed by atoms with Gasteiger partial charge >= 0.3 is 0 Å². The van der Waals surface area contributed by atoms with E-state index in [9.17, 15) is 9.18 Å². The fourth-order valence-corrected chi connectivity index (χ4v) is 2.55. The molecular formula is C18H13FO. The zero-order valence-corrected chi connectivity index (χ0v) is 11.1. The molecule has 3 aromatic carbocycles. The second-order valence-electron chi connectivity index (χ2n) is 4.84. The number of aldehydes is 1. The molecule has 0 bridgehead atoms. The third kappa shape index (κ3) is 1.99. The van der Waals surface area contributed by atoms with Gasteiger partial charge in [-0.25, -0.2) is 4.39 Å². The van der Waals surface area contributed by atoms with Crippen molar-refractivity contribution in [3.05, 3.63) is 71.5 Å². The molecule has 3 aromatic rings. The molecule has 0 N–H and O–H groups in total. The van der Waals surface area contributed by atoms with Crippen molar-refractivity contribution >= 4 is 17.1 Å². The topological polar surface area (TPSA) is 17.1 Å². The summed E-state index contributed by atoms with van der Waals surface area (Å²) >= 11 is 0. The molecule has 0 saturated carbocycles. The summed E-state index contributed by atoms with van der Waals surface area (Å²) in [5.74, 6) is -0.367. The fourth-order valence-electron chi connectivity index (χ4n) is 2.55. The molecule has 0 aromatic heterocycles. The van der Waals surface area contributed by atoms with Crippen molar-refractivity contribution in [3.63, 3.8) is 0 Å². The maximum atomic E-state index is 14.3. The number of carbonyl (C=O) groups excluding carboxylic acids is 1. The molecule has 0 amide bonds. The molecule has 0 fully saturated rings. The summed E-state index contributed by atoms with van der Waals surface area (Å²) in [6.07, 6.45) is 0.656. The van der Waals surface area contributed by atoms with Crippen LogP contribution in [0, 0.1) is 12.7 Å². The first-order chi connectivity index (χ1) is 9.70. The minimum Gasteiger partial charge on any atom is -0.298 e. The Morgan fingerprint density at radius 1 is 1.00 bits per heavy atom. The summed E-state index contributed by atoms with van der Waals surface area (Å²) in [5.41, 5.74) is 2.79. The van der Waals surface area contributed by atoms with Crippen molar-refractivity contribution in [2.24, 2.45) is 0 Å². The van der Waals surface area contributed by atoms with Crippen LogP contribution in [0.3, 0.4) is 0 Å². The zero-order chi connectivity index (χ0) is 14.1. The van der Waals surface area contributed by atoms with Gasteiger partial charge in [-0.1, -0.05) is 48.5 Å². The Balaban J connectivity index is 2.34. The largest absolute Gasteiger partial charge is 0.298 e. The van der Waals surface area contributed by atoms with Crippen molar-refractivity contribution in [1.82, 2.24) is 0 Å². The smallest absolute Gasteiger partial charge is 0.150 e. The molecule has 0 unspecified atom stereocenters. The highest BCUT2D eigenvalue weighted by molar-refractivity contribution is 5.98. The lowest BCUT2D eigenvalue weighted by atomic mass is 9.93. The summed E-state index contributed by atoms with van der Waals surface area (Å²) in [4.78, 5) is 10.7. The molecule has 20 heavy (non-hydrogen) atoms. The van der Waals surface area contributed by atoms with E-state index in [4.69, 9.17) is 0 Å². The summed E-state index contributed by atoms with van der Waals surface area (Å²) < 4.78 is 14.3. The van der Waals surface area contributed by atoms with E-state index in [0.717, 1.165) is 21.9 Å². The molecule has 0 aliphatic rings. The van der Waals surface area contributed by atoms with Crippen LogP contribution in [0.4, 0.5) is 4.39 Å². The van der Waals surface area contributed by atoms with E-state index in [1.807, 2.05) is 43.3 Å². The molecule has 3 rings (SSSR count). The van der Waals surface area contributed by atoms with E-state index in [1.165, 1.54) is 6.07 Å². The van der Waals surface area contributed by atoms with Crippen LogP contribution >= 0.6 is 0 Å². The molecule has 0 aliphatic heterocycles. The van der Waals surface area contributed by atoms with Crippen LogP contribution in [0.2, 0.25) is 0 Å². The van der Waals surface area contributed by atoms with Gasteiger partial charge in [0.25, 0.3) is 0 Å². The Hall–Kier alpha value is -2.48. The average molecular weight is 264 g/mol. The lowest BCUT2D eigenvalue weighted by Gasteiger charge is -2.12. The monoisotopic (exact) mass is 264 g/mol. The van der Waals surface area contributed by atoms with Crippen molar-refractivity contribution in [2.45, 2.75) is 6.92 Å². The Morgan fingerprint density at radius 3 is 2.55 bits per heavy atom. The van der Waals surface area contributed by atoms with Crippen LogP contribution in [-0.4, -0.2) is 6.29 Å². The highest BCUT2D eigenvalue weighted by atomic mass is 19.1. The average Bonchev–Trinajstić information content (AvgIpc) is 2.48. The lowest BCUT2D eigenvalue weighted by Crippen LogP contribution is -1.92. The molecule has 0 aliphatic carbocycles. The summed E-state index contributed by atoms with van der Waals surface area (Å²) in [6.45, 7) is 1.97. The van der Waals surface area contributed by atoms with Gasteiger partial charge in [-0.3, -0.25) is 4.79 Å². The first-order valence-corrected chi connectivity index (χ1v) is 6.44. The molecule has 0 spiro atoms. The van der Waals surface area contributed by atoms with E-state index in [2.05, 4.69) is 0 Å². The normalized spacial score (nSPS) is 10.7. The van der Waals surface area contributed by atoms with Gasteiger partial charge in [0.05, 0.1) is 0 Å². The number of hydrogen-bond acceptors (Lipinski definition) is 1. The van der Waals surface area contributed by atoms with E-state index in [-0.39, 0.29) is 5.82 Å². The van der Waals surface area contributed by atoms with E-state index in [0.29, 0.717) is 17.4 Å². The fraction of sp³-hybridized carbons (Fsp3) is 0.0556. The number of fused-ring (bicyclic) bond motifs is 1. The Bertz CT molecular complexity index is 806. The van der Waals surface area contributed by atoms with Crippen molar-refractivity contribution in [2.75, 3.05) is 0 Å². The van der Waals surface area contributed by atoms with E-state index >= 15 is 0 Å². The zero-order valence-electron chi connectivity index (χ0n) is 11.1. The molecular weight excluding hydrogens is 251 g/mol. The molecule has 2 heteroatoms. The molecule has 1 nitrogen and oxygen atoms in total.